The number of hydrogen-bond acceptors (Lipinski definition) is 3. The number of urea groups is 1. The molecule has 0 fully saturated rings. The molecular formula is C23H15F4N5O. The van der Waals surface area contributed by atoms with Crippen molar-refractivity contribution in [1.82, 2.24) is 14.7 Å². The van der Waals surface area contributed by atoms with Crippen LogP contribution in [0.2, 0.25) is 0 Å². The predicted molar refractivity (Wildman–Crippen MR) is 114 cm³/mol. The maximum absolute atomic E-state index is 13.2. The topological polar surface area (TPSA) is 82.2 Å². The third-order valence-corrected chi connectivity index (χ3v) is 4.76. The van der Waals surface area contributed by atoms with Crippen LogP contribution in [0, 0.1) is 17.1 Å². The Morgan fingerprint density at radius 3 is 2.48 bits per heavy atom. The van der Waals surface area contributed by atoms with Gasteiger partial charge in [-0.15, -0.1) is 0 Å². The molecule has 0 atom stereocenters. The number of carbonyl (C=O) groups excluding carboxylic acids is 1. The minimum atomic E-state index is -4.54. The number of aromatic nitrogens is 2. The van der Waals surface area contributed by atoms with E-state index in [-0.39, 0.29) is 17.1 Å². The van der Waals surface area contributed by atoms with E-state index in [0.717, 1.165) is 11.1 Å². The summed E-state index contributed by atoms with van der Waals surface area (Å²) in [6.45, 7) is -1.48. The van der Waals surface area contributed by atoms with Gasteiger partial charge in [0.2, 0.25) is 0 Å². The zero-order valence-corrected chi connectivity index (χ0v) is 16.8. The molecule has 0 radical (unpaired) electrons. The lowest BCUT2D eigenvalue weighted by Gasteiger charge is -2.11. The highest BCUT2D eigenvalue weighted by atomic mass is 19.4. The number of halogens is 4. The average Bonchev–Trinajstić information content (AvgIpc) is 3.21. The van der Waals surface area contributed by atoms with Crippen molar-refractivity contribution in [3.05, 3.63) is 78.4 Å². The van der Waals surface area contributed by atoms with Crippen LogP contribution in [0.5, 0.6) is 0 Å². The predicted octanol–water partition coefficient (Wildman–Crippen LogP) is 5.36. The first kappa shape index (κ1) is 21.8. The van der Waals surface area contributed by atoms with Crippen LogP contribution in [-0.2, 0) is 0 Å². The summed E-state index contributed by atoms with van der Waals surface area (Å²) in [5.41, 5.74) is 3.72. The van der Waals surface area contributed by atoms with Crippen molar-refractivity contribution in [2.45, 2.75) is 6.18 Å². The minimum absolute atomic E-state index is 0.154. The Morgan fingerprint density at radius 2 is 1.79 bits per heavy atom. The van der Waals surface area contributed by atoms with Gasteiger partial charge in [-0.2, -0.15) is 18.4 Å². The molecule has 2 aromatic heterocycles. The maximum atomic E-state index is 13.2. The number of nitriles is 1. The van der Waals surface area contributed by atoms with Crippen molar-refractivity contribution in [2.24, 2.45) is 0 Å². The zero-order chi connectivity index (χ0) is 23.6. The van der Waals surface area contributed by atoms with Gasteiger partial charge in [-0.25, -0.2) is 14.2 Å². The van der Waals surface area contributed by atoms with Crippen LogP contribution in [0.15, 0.2) is 67.0 Å². The summed E-state index contributed by atoms with van der Waals surface area (Å²) in [6.07, 6.45) is -1.20. The minimum Gasteiger partial charge on any atom is -0.329 e. The highest BCUT2D eigenvalue weighted by Crippen LogP contribution is 2.28. The van der Waals surface area contributed by atoms with Crippen LogP contribution in [-0.4, -0.2) is 28.1 Å². The van der Waals surface area contributed by atoms with Crippen molar-refractivity contribution in [3.63, 3.8) is 0 Å². The molecule has 0 unspecified atom stereocenters. The number of nitrogens with one attached hydrogen (secondary N) is 2. The first-order valence-electron chi connectivity index (χ1n) is 9.62. The highest BCUT2D eigenvalue weighted by molar-refractivity contribution is 5.90. The SMILES string of the molecule is N#Cc1cc(NC(=O)NCC(F)(F)F)cc(-c2cnc3cc(-c4ccc(F)cc4)ccn23)c1. The Morgan fingerprint density at radius 1 is 1.03 bits per heavy atom. The Kier molecular flexibility index (Phi) is 5.70. The molecule has 0 aliphatic rings. The molecule has 0 saturated carbocycles. The van der Waals surface area contributed by atoms with Gasteiger partial charge in [0.05, 0.1) is 23.5 Å². The third kappa shape index (κ3) is 5.10. The number of amides is 2. The van der Waals surface area contributed by atoms with Crippen molar-refractivity contribution >= 4 is 17.4 Å². The van der Waals surface area contributed by atoms with E-state index in [1.165, 1.54) is 24.3 Å². The molecule has 2 amide bonds. The first-order valence-corrected chi connectivity index (χ1v) is 9.62. The summed E-state index contributed by atoms with van der Waals surface area (Å²) in [7, 11) is 0. The molecule has 0 spiro atoms. The van der Waals surface area contributed by atoms with Crippen LogP contribution in [0.4, 0.5) is 28.0 Å². The molecular weight excluding hydrogens is 438 g/mol. The summed E-state index contributed by atoms with van der Waals surface area (Å²) in [4.78, 5) is 16.2. The van der Waals surface area contributed by atoms with E-state index in [4.69, 9.17) is 0 Å². The summed E-state index contributed by atoms with van der Waals surface area (Å²) < 4.78 is 51.9. The molecule has 0 aliphatic carbocycles. The molecule has 0 saturated heterocycles. The van der Waals surface area contributed by atoms with Crippen molar-refractivity contribution < 1.29 is 22.4 Å². The number of rotatable bonds is 4. The average molecular weight is 453 g/mol. The van der Waals surface area contributed by atoms with Gasteiger partial charge in [0.25, 0.3) is 0 Å². The van der Waals surface area contributed by atoms with E-state index in [0.29, 0.717) is 16.9 Å². The number of nitrogens with zero attached hydrogens (tertiary/aromatic N) is 3. The fourth-order valence-corrected chi connectivity index (χ4v) is 3.28. The number of alkyl halides is 3. The number of pyridine rings is 1. The Balaban J connectivity index is 1.65. The second kappa shape index (κ2) is 8.63. The molecule has 33 heavy (non-hydrogen) atoms. The monoisotopic (exact) mass is 453 g/mol. The van der Waals surface area contributed by atoms with Crippen molar-refractivity contribution in [2.75, 3.05) is 11.9 Å². The molecule has 2 N–H and O–H groups in total. The maximum Gasteiger partial charge on any atom is 0.405 e. The molecule has 6 nitrogen and oxygen atoms in total. The van der Waals surface area contributed by atoms with E-state index in [2.05, 4.69) is 10.3 Å². The van der Waals surface area contributed by atoms with Gasteiger partial charge in [0, 0.05) is 17.4 Å². The first-order chi connectivity index (χ1) is 15.7. The van der Waals surface area contributed by atoms with Crippen LogP contribution in [0.1, 0.15) is 5.56 Å². The summed E-state index contributed by atoms with van der Waals surface area (Å²) in [6, 6.07) is 15.1. The van der Waals surface area contributed by atoms with E-state index in [1.807, 2.05) is 18.2 Å². The number of benzene rings is 2. The lowest BCUT2D eigenvalue weighted by atomic mass is 10.1. The molecule has 0 aliphatic heterocycles. The lowest BCUT2D eigenvalue weighted by molar-refractivity contribution is -0.122. The standard InChI is InChI=1S/C23H15F4N5O/c24-18-3-1-15(2-4-18)16-5-6-32-20(12-29-21(32)10-16)17-7-14(11-28)8-19(9-17)31-22(33)30-13-23(25,26)27/h1-10,12H,13H2,(H2,30,31,33). The number of hydrogen-bond donors (Lipinski definition) is 2. The van der Waals surface area contributed by atoms with Gasteiger partial charge >= 0.3 is 12.2 Å². The number of anilines is 1. The smallest absolute Gasteiger partial charge is 0.329 e. The van der Waals surface area contributed by atoms with Gasteiger partial charge in [-0.3, -0.25) is 4.40 Å². The second-order valence-corrected chi connectivity index (χ2v) is 7.13. The largest absolute Gasteiger partial charge is 0.405 e. The Hall–Kier alpha value is -4.39. The van der Waals surface area contributed by atoms with Crippen molar-refractivity contribution in [1.29, 1.82) is 5.26 Å². The summed E-state index contributed by atoms with van der Waals surface area (Å²) in [5, 5.41) is 13.4. The zero-order valence-electron chi connectivity index (χ0n) is 16.8. The molecule has 2 heterocycles. The van der Waals surface area contributed by atoms with Crippen LogP contribution >= 0.6 is 0 Å². The van der Waals surface area contributed by atoms with Gasteiger partial charge in [0.1, 0.15) is 18.0 Å². The van der Waals surface area contributed by atoms with E-state index in [9.17, 15) is 27.6 Å². The molecule has 0 bridgehead atoms. The fourth-order valence-electron chi connectivity index (χ4n) is 3.28. The lowest BCUT2D eigenvalue weighted by Crippen LogP contribution is -2.36. The van der Waals surface area contributed by atoms with Gasteiger partial charge < -0.3 is 10.6 Å². The molecule has 2 aromatic carbocycles. The summed E-state index contributed by atoms with van der Waals surface area (Å²) >= 11 is 0. The number of carbonyl (C=O) groups is 1. The van der Waals surface area contributed by atoms with Gasteiger partial charge in [-0.05, 0) is 53.6 Å². The Labute approximate surface area is 185 Å². The van der Waals surface area contributed by atoms with Crippen LogP contribution in [0.3, 0.4) is 0 Å². The summed E-state index contributed by atoms with van der Waals surface area (Å²) in [5.74, 6) is -0.336. The molecule has 4 aromatic rings. The number of fused-ring (bicyclic) bond motifs is 1. The second-order valence-electron chi connectivity index (χ2n) is 7.13. The van der Waals surface area contributed by atoms with E-state index < -0.39 is 18.8 Å². The van der Waals surface area contributed by atoms with Gasteiger partial charge in [0.15, 0.2) is 0 Å². The van der Waals surface area contributed by atoms with Gasteiger partial charge in [-0.1, -0.05) is 12.1 Å². The van der Waals surface area contributed by atoms with Crippen LogP contribution in [0.25, 0.3) is 28.0 Å². The normalized spacial score (nSPS) is 11.2. The molecule has 10 heteroatoms. The van der Waals surface area contributed by atoms with E-state index >= 15 is 0 Å². The molecule has 166 valence electrons. The quantitative estimate of drug-likeness (QED) is 0.408. The van der Waals surface area contributed by atoms with Crippen LogP contribution < -0.4 is 10.6 Å². The Bertz CT molecular complexity index is 1370. The fraction of sp³-hybridized carbons (Fsp3) is 0.0870. The molecule has 4 rings (SSSR count). The third-order valence-electron chi connectivity index (χ3n) is 4.76. The number of imidazole rings is 1. The van der Waals surface area contributed by atoms with E-state index in [1.54, 1.807) is 40.3 Å². The highest BCUT2D eigenvalue weighted by Gasteiger charge is 2.27. The van der Waals surface area contributed by atoms with Crippen molar-refractivity contribution in [3.8, 4) is 28.5 Å².